The van der Waals surface area contributed by atoms with Crippen LogP contribution in [0, 0.1) is 27.2 Å². The van der Waals surface area contributed by atoms with Gasteiger partial charge in [0.25, 0.3) is 11.8 Å². The first kappa shape index (κ1) is 38.7. The molecule has 4 aliphatic rings. The Bertz CT molecular complexity index is 2380. The summed E-state index contributed by atoms with van der Waals surface area (Å²) in [4.78, 5) is 63.9. The number of fused-ring (bicyclic) bond motifs is 4. The lowest BCUT2D eigenvalue weighted by Gasteiger charge is -2.50. The zero-order chi connectivity index (χ0) is 40.0. The highest BCUT2D eigenvalue weighted by Crippen LogP contribution is 2.65. The highest BCUT2D eigenvalue weighted by molar-refractivity contribution is 14.1. The van der Waals surface area contributed by atoms with E-state index < -0.39 is 69.5 Å². The largest absolute Gasteiger partial charge is 0.503 e. The van der Waals surface area contributed by atoms with Crippen molar-refractivity contribution in [3.8, 4) is 11.5 Å². The number of amides is 4. The number of hydrogen-bond acceptors (Lipinski definition) is 8. The van der Waals surface area contributed by atoms with Crippen LogP contribution >= 0.6 is 61.7 Å². The maximum Gasteiger partial charge on any atom is 0.417 e. The zero-order valence-electron chi connectivity index (χ0n) is 28.8. The van der Waals surface area contributed by atoms with Crippen LogP contribution in [0.4, 0.5) is 24.7 Å². The molecular weight excluding hydrogens is 955 g/mol. The lowest BCUT2D eigenvalue weighted by atomic mass is 9.49. The first-order valence-corrected chi connectivity index (χ1v) is 19.7. The van der Waals surface area contributed by atoms with E-state index in [1.54, 1.807) is 60.7 Å². The summed E-state index contributed by atoms with van der Waals surface area (Å²) in [6.45, 7) is 0. The van der Waals surface area contributed by atoms with Crippen LogP contribution in [-0.4, -0.2) is 45.8 Å². The number of phenols is 1. The van der Waals surface area contributed by atoms with Crippen LogP contribution in [0.2, 0.25) is 10.0 Å². The molecule has 56 heavy (non-hydrogen) atoms. The Hall–Kier alpha value is -4.19. The number of ether oxygens (including phenoxy) is 1. The van der Waals surface area contributed by atoms with Gasteiger partial charge in [0.1, 0.15) is 0 Å². The number of nitrogens with one attached hydrogen (secondary N) is 1. The smallest absolute Gasteiger partial charge is 0.417 e. The van der Waals surface area contributed by atoms with Gasteiger partial charge in [0.15, 0.2) is 17.3 Å². The Balaban J connectivity index is 1.33. The van der Waals surface area contributed by atoms with Crippen LogP contribution in [0.1, 0.15) is 35.4 Å². The maximum atomic E-state index is 15.4. The van der Waals surface area contributed by atoms with Gasteiger partial charge in [-0.25, -0.2) is 4.98 Å². The van der Waals surface area contributed by atoms with Gasteiger partial charge in [0.05, 0.1) is 51.0 Å². The van der Waals surface area contributed by atoms with Crippen molar-refractivity contribution in [2.75, 3.05) is 17.4 Å². The van der Waals surface area contributed by atoms with Crippen LogP contribution in [0.25, 0.3) is 0 Å². The average Bonchev–Trinajstić information content (AvgIpc) is 3.54. The predicted octanol–water partition coefficient (Wildman–Crippen LogP) is 8.68. The lowest BCUT2D eigenvalue weighted by molar-refractivity contribution is -0.139. The third-order valence-corrected chi connectivity index (χ3v) is 13.1. The number of imide groups is 2. The molecule has 3 aromatic carbocycles. The summed E-state index contributed by atoms with van der Waals surface area (Å²) in [7, 11) is 1.36. The molecule has 2 saturated heterocycles. The summed E-state index contributed by atoms with van der Waals surface area (Å²) in [5.41, 5.74) is 1.55. The number of alkyl halides is 3. The minimum atomic E-state index is -4.76. The van der Waals surface area contributed by atoms with Gasteiger partial charge in [-0.2, -0.15) is 18.2 Å². The van der Waals surface area contributed by atoms with Gasteiger partial charge in [0, 0.05) is 20.7 Å². The number of hydrogen-bond donors (Lipinski definition) is 2. The van der Waals surface area contributed by atoms with Gasteiger partial charge in [-0.05, 0) is 123 Å². The lowest BCUT2D eigenvalue weighted by Crippen LogP contribution is -2.53. The van der Waals surface area contributed by atoms with Crippen molar-refractivity contribution in [2.45, 2.75) is 30.4 Å². The fourth-order valence-electron chi connectivity index (χ4n) is 8.92. The maximum absolute atomic E-state index is 15.4. The monoisotopic (exact) mass is 980 g/mol. The first-order chi connectivity index (χ1) is 26.6. The third-order valence-electron chi connectivity index (χ3n) is 11.2. The van der Waals surface area contributed by atoms with Gasteiger partial charge >= 0.3 is 6.18 Å². The normalized spacial score (nSPS) is 25.9. The second-order valence-electron chi connectivity index (χ2n) is 14.0. The number of phenolic OH excluding ortho intramolecular Hbond substituents is 1. The number of hydrazine groups is 1. The third kappa shape index (κ3) is 5.90. The number of allylic oxidation sites excluding steroid dienone is 2. The molecule has 2 aliphatic carbocycles. The Kier molecular flexibility index (Phi) is 9.68. The number of anilines is 2. The number of halogens is 7. The van der Waals surface area contributed by atoms with Crippen LogP contribution in [0.3, 0.4) is 0 Å². The Morgan fingerprint density at radius 1 is 0.982 bits per heavy atom. The highest BCUT2D eigenvalue weighted by Gasteiger charge is 2.70. The molecule has 4 amide bonds. The number of nitrogens with zero attached hydrogens (tertiary/aromatic N) is 3. The second kappa shape index (κ2) is 14.0. The molecule has 0 bridgehead atoms. The van der Waals surface area contributed by atoms with Crippen LogP contribution in [0.5, 0.6) is 11.5 Å². The van der Waals surface area contributed by atoms with Crippen molar-refractivity contribution in [2.24, 2.45) is 23.7 Å². The van der Waals surface area contributed by atoms with E-state index in [-0.39, 0.29) is 40.5 Å². The second-order valence-corrected chi connectivity index (χ2v) is 16.9. The van der Waals surface area contributed by atoms with Crippen molar-refractivity contribution in [3.05, 3.63) is 119 Å². The molecule has 1 saturated carbocycles. The topological polar surface area (TPSA) is 129 Å². The van der Waals surface area contributed by atoms with Crippen LogP contribution in [0.15, 0.2) is 89.0 Å². The van der Waals surface area contributed by atoms with Crippen LogP contribution < -0.4 is 15.1 Å². The molecule has 288 valence electrons. The molecule has 2 N–H and O–H groups in total. The summed E-state index contributed by atoms with van der Waals surface area (Å²) >= 11 is 18.2. The molecule has 1 aromatic heterocycles. The van der Waals surface area contributed by atoms with E-state index in [1.165, 1.54) is 12.0 Å². The molecule has 2 aliphatic heterocycles. The van der Waals surface area contributed by atoms with E-state index in [0.29, 0.717) is 39.7 Å². The quantitative estimate of drug-likeness (QED) is 0.112. The first-order valence-electron chi connectivity index (χ1n) is 17.1. The van der Waals surface area contributed by atoms with Gasteiger partial charge in [0.2, 0.25) is 11.8 Å². The highest BCUT2D eigenvalue weighted by atomic mass is 127. The van der Waals surface area contributed by atoms with E-state index in [2.05, 4.69) is 48.9 Å². The van der Waals surface area contributed by atoms with Gasteiger partial charge in [-0.15, -0.1) is 0 Å². The summed E-state index contributed by atoms with van der Waals surface area (Å²) in [6, 6.07) is 17.2. The Morgan fingerprint density at radius 3 is 2.32 bits per heavy atom. The standard InChI is InChI=1S/C39H27BrCl2F3IN4O6/c1-56-29-13-17(12-27(40)32(29)51)31-23-10-11-24-30(36(54)49(34(24)52)22-8-6-21(46)7-9-22)25(23)15-26-35(53)50(37(55)38(26,31)18-2-4-20(41)5-3-18)48-33-28(42)14-19(16-47-33)39(43,44)45/h2-10,12-14,16,24-26,30-31,51H,11,15H2,1H3,(H,47,48)/t24-,25+,26-,30-,31-,38+/m0/s1. The van der Waals surface area contributed by atoms with Crippen molar-refractivity contribution < 1.29 is 42.2 Å². The Morgan fingerprint density at radius 2 is 1.68 bits per heavy atom. The molecule has 6 atom stereocenters. The van der Waals surface area contributed by atoms with Crippen molar-refractivity contribution in [1.82, 2.24) is 9.99 Å². The molecule has 0 unspecified atom stereocenters. The summed E-state index contributed by atoms with van der Waals surface area (Å²) in [6.07, 6.45) is -2.26. The number of aromatic nitrogens is 1. The summed E-state index contributed by atoms with van der Waals surface area (Å²) in [5, 5.41) is 11.4. The van der Waals surface area contributed by atoms with E-state index >= 15 is 4.79 Å². The van der Waals surface area contributed by atoms with Crippen molar-refractivity contribution in [1.29, 1.82) is 0 Å². The minimum Gasteiger partial charge on any atom is -0.503 e. The minimum absolute atomic E-state index is 0.0538. The zero-order valence-corrected chi connectivity index (χ0v) is 34.0. The van der Waals surface area contributed by atoms with E-state index in [1.807, 2.05) is 6.08 Å². The number of aromatic hydroxyl groups is 1. The van der Waals surface area contributed by atoms with E-state index in [4.69, 9.17) is 27.9 Å². The van der Waals surface area contributed by atoms with Crippen molar-refractivity contribution >= 4 is 96.9 Å². The number of carbonyl (C=O) groups excluding carboxylic acids is 4. The molecule has 17 heteroatoms. The van der Waals surface area contributed by atoms with Crippen molar-refractivity contribution in [3.63, 3.8) is 0 Å². The van der Waals surface area contributed by atoms with Crippen LogP contribution in [-0.2, 0) is 30.8 Å². The average molecular weight is 982 g/mol. The fourth-order valence-corrected chi connectivity index (χ4v) is 10.1. The molecule has 0 spiro atoms. The summed E-state index contributed by atoms with van der Waals surface area (Å²) in [5.74, 6) is -7.50. The predicted molar refractivity (Wildman–Crippen MR) is 211 cm³/mol. The number of carbonyl (C=O) groups is 4. The Labute approximate surface area is 349 Å². The molecule has 10 nitrogen and oxygen atoms in total. The van der Waals surface area contributed by atoms with Gasteiger partial charge in [-0.3, -0.25) is 29.5 Å². The number of methoxy groups -OCH3 is 1. The summed E-state index contributed by atoms with van der Waals surface area (Å²) < 4.78 is 47.2. The molecular formula is C39H27BrCl2F3IN4O6. The number of rotatable bonds is 6. The molecule has 0 radical (unpaired) electrons. The van der Waals surface area contributed by atoms with E-state index in [9.17, 15) is 32.7 Å². The fraction of sp³-hybridized carbons (Fsp3) is 0.256. The van der Waals surface area contributed by atoms with E-state index in [0.717, 1.165) is 8.58 Å². The number of benzene rings is 3. The molecule has 3 fully saturated rings. The molecule has 3 heterocycles. The molecule has 8 rings (SSSR count). The SMILES string of the molecule is COc1cc([C@H]2C3=CC[C@@H]4C(=O)N(c5ccc(I)cc5)C(=O)[C@@H]4[C@@H]3C[C@H]3C(=O)N(Nc4ncc(C(F)(F)F)cc4Cl)C(=O)[C@@]23c2ccc(Cl)cc2)cc(Br)c1O. The van der Waals surface area contributed by atoms with Gasteiger partial charge < -0.3 is 9.84 Å². The molecule has 4 aromatic rings. The number of pyridine rings is 1. The van der Waals surface area contributed by atoms with Gasteiger partial charge in [-0.1, -0.05) is 47.0 Å².